The van der Waals surface area contributed by atoms with Crippen molar-refractivity contribution in [3.63, 3.8) is 0 Å². The van der Waals surface area contributed by atoms with Crippen LogP contribution in [0.3, 0.4) is 0 Å². The van der Waals surface area contributed by atoms with E-state index >= 15 is 0 Å². The van der Waals surface area contributed by atoms with Crippen molar-refractivity contribution in [3.05, 3.63) is 70.2 Å². The second-order valence-electron chi connectivity index (χ2n) is 9.52. The van der Waals surface area contributed by atoms with Crippen molar-refractivity contribution in [2.24, 2.45) is 7.05 Å². The SMILES string of the molecule is COCC(NC(=O)c1ccn(C(C)(C)C)c1)C(=O)Nc1nc(-c2ccc3ccn(C)c(=O)c3c2)cs1. The smallest absolute Gasteiger partial charge is 0.258 e. The van der Waals surface area contributed by atoms with Crippen LogP contribution in [0.25, 0.3) is 22.0 Å². The van der Waals surface area contributed by atoms with Crippen LogP contribution in [0.5, 0.6) is 0 Å². The molecule has 1 unspecified atom stereocenters. The van der Waals surface area contributed by atoms with Crippen LogP contribution in [-0.4, -0.2) is 45.7 Å². The van der Waals surface area contributed by atoms with Crippen LogP contribution in [0.2, 0.25) is 0 Å². The molecule has 0 aliphatic heterocycles. The Morgan fingerprint density at radius 1 is 1.17 bits per heavy atom. The number of nitrogens with one attached hydrogen (secondary N) is 2. The number of hydrogen-bond acceptors (Lipinski definition) is 6. The normalized spacial score (nSPS) is 12.5. The Bertz CT molecular complexity index is 1480. The fraction of sp³-hybridized carbons (Fsp3) is 0.308. The molecular weight excluding hydrogens is 478 g/mol. The summed E-state index contributed by atoms with van der Waals surface area (Å²) in [5.41, 5.74) is 1.61. The molecule has 0 spiro atoms. The average Bonchev–Trinajstić information content (AvgIpc) is 3.51. The lowest BCUT2D eigenvalue weighted by atomic mass is 10.1. The van der Waals surface area contributed by atoms with E-state index in [-0.39, 0.29) is 23.6 Å². The molecule has 0 aliphatic carbocycles. The first-order valence-electron chi connectivity index (χ1n) is 11.4. The highest BCUT2D eigenvalue weighted by atomic mass is 32.1. The van der Waals surface area contributed by atoms with E-state index in [0.29, 0.717) is 21.8 Å². The fourth-order valence-corrected chi connectivity index (χ4v) is 4.41. The molecule has 0 saturated carbocycles. The summed E-state index contributed by atoms with van der Waals surface area (Å²) >= 11 is 1.26. The predicted molar refractivity (Wildman–Crippen MR) is 141 cm³/mol. The first-order chi connectivity index (χ1) is 17.1. The molecule has 10 heteroatoms. The van der Waals surface area contributed by atoms with Gasteiger partial charge in [0.15, 0.2) is 5.13 Å². The molecule has 2 N–H and O–H groups in total. The molecule has 188 valence electrons. The average molecular weight is 508 g/mol. The molecule has 3 aromatic heterocycles. The van der Waals surface area contributed by atoms with Gasteiger partial charge in [-0.25, -0.2) is 4.98 Å². The minimum atomic E-state index is -0.906. The van der Waals surface area contributed by atoms with Crippen LogP contribution >= 0.6 is 11.3 Å². The number of aryl methyl sites for hydroxylation is 1. The minimum Gasteiger partial charge on any atom is -0.382 e. The van der Waals surface area contributed by atoms with E-state index in [0.717, 1.165) is 10.9 Å². The zero-order chi connectivity index (χ0) is 26.0. The highest BCUT2D eigenvalue weighted by Gasteiger charge is 2.24. The molecule has 0 aliphatic rings. The van der Waals surface area contributed by atoms with E-state index in [1.165, 1.54) is 23.0 Å². The van der Waals surface area contributed by atoms with Gasteiger partial charge in [0.1, 0.15) is 6.04 Å². The number of ether oxygens (including phenoxy) is 1. The van der Waals surface area contributed by atoms with Gasteiger partial charge in [-0.15, -0.1) is 11.3 Å². The van der Waals surface area contributed by atoms with Crippen LogP contribution < -0.4 is 16.2 Å². The quantitative estimate of drug-likeness (QED) is 0.398. The Balaban J connectivity index is 1.48. The number of benzene rings is 1. The number of anilines is 1. The molecule has 1 aromatic carbocycles. The third-order valence-electron chi connectivity index (χ3n) is 5.80. The summed E-state index contributed by atoms with van der Waals surface area (Å²) in [6.07, 6.45) is 5.32. The third kappa shape index (κ3) is 5.39. The zero-order valence-electron chi connectivity index (χ0n) is 20.9. The predicted octanol–water partition coefficient (Wildman–Crippen LogP) is 3.60. The Hall–Kier alpha value is -3.76. The highest BCUT2D eigenvalue weighted by molar-refractivity contribution is 7.14. The lowest BCUT2D eigenvalue weighted by Gasteiger charge is -2.21. The first kappa shape index (κ1) is 25.3. The van der Waals surface area contributed by atoms with E-state index in [1.54, 1.807) is 31.6 Å². The van der Waals surface area contributed by atoms with Crippen molar-refractivity contribution >= 4 is 39.1 Å². The maximum Gasteiger partial charge on any atom is 0.258 e. The number of nitrogens with zero attached hydrogens (tertiary/aromatic N) is 3. The number of aromatic nitrogens is 3. The second kappa shape index (κ2) is 10.1. The molecule has 0 bridgehead atoms. The monoisotopic (exact) mass is 507 g/mol. The van der Waals surface area contributed by atoms with Gasteiger partial charge in [-0.1, -0.05) is 12.1 Å². The lowest BCUT2D eigenvalue weighted by molar-refractivity contribution is -0.119. The molecule has 1 atom stereocenters. The second-order valence-corrected chi connectivity index (χ2v) is 10.4. The standard InChI is InChI=1S/C26H29N5O4S/c1-26(2,3)31-11-9-18(13-31)22(32)27-20(14-35-5)23(33)29-25-28-21(15-36-25)17-7-6-16-8-10-30(4)24(34)19(16)12-17/h6-13,15,20H,14H2,1-5H3,(H,27,32)(H,28,29,33). The summed E-state index contributed by atoms with van der Waals surface area (Å²) < 4.78 is 8.63. The number of hydrogen-bond donors (Lipinski definition) is 2. The summed E-state index contributed by atoms with van der Waals surface area (Å²) in [5, 5.41) is 9.14. The van der Waals surface area contributed by atoms with Crippen LogP contribution in [0.4, 0.5) is 5.13 Å². The van der Waals surface area contributed by atoms with Crippen molar-refractivity contribution in [1.82, 2.24) is 19.4 Å². The minimum absolute atomic E-state index is 0.00372. The molecule has 4 aromatic rings. The molecule has 3 heterocycles. The molecule has 0 fully saturated rings. The van der Waals surface area contributed by atoms with Gasteiger partial charge < -0.3 is 24.5 Å². The Kier molecular flexibility index (Phi) is 7.09. The summed E-state index contributed by atoms with van der Waals surface area (Å²) in [6.45, 7) is 6.12. The molecule has 9 nitrogen and oxygen atoms in total. The molecule has 2 amide bonds. The number of fused-ring (bicyclic) bond motifs is 1. The van der Waals surface area contributed by atoms with Gasteiger partial charge in [0, 0.05) is 54.6 Å². The van der Waals surface area contributed by atoms with E-state index in [2.05, 4.69) is 15.6 Å². The van der Waals surface area contributed by atoms with Crippen molar-refractivity contribution in [2.45, 2.75) is 32.4 Å². The molecule has 4 rings (SSSR count). The molecule has 0 saturated heterocycles. The molecule has 36 heavy (non-hydrogen) atoms. The maximum absolute atomic E-state index is 12.9. The topological polar surface area (TPSA) is 107 Å². The van der Waals surface area contributed by atoms with Crippen LogP contribution in [-0.2, 0) is 22.1 Å². The number of methoxy groups -OCH3 is 1. The third-order valence-corrected chi connectivity index (χ3v) is 6.55. The summed E-state index contributed by atoms with van der Waals surface area (Å²) in [4.78, 5) is 42.7. The van der Waals surface area contributed by atoms with Gasteiger partial charge in [0.05, 0.1) is 17.9 Å². The Morgan fingerprint density at radius 2 is 1.94 bits per heavy atom. The Labute approximate surface area is 212 Å². The number of thiazole rings is 1. The number of carbonyl (C=O) groups excluding carboxylic acids is 2. The van der Waals surface area contributed by atoms with Gasteiger partial charge in [-0.2, -0.15) is 0 Å². The number of rotatable bonds is 7. The number of carbonyl (C=O) groups is 2. The molecule has 0 radical (unpaired) electrons. The first-order valence-corrected chi connectivity index (χ1v) is 12.3. The van der Waals surface area contributed by atoms with Crippen LogP contribution in [0, 0.1) is 0 Å². The number of pyridine rings is 1. The Morgan fingerprint density at radius 3 is 2.64 bits per heavy atom. The van der Waals surface area contributed by atoms with Crippen LogP contribution in [0.1, 0.15) is 31.1 Å². The highest BCUT2D eigenvalue weighted by Crippen LogP contribution is 2.27. The van der Waals surface area contributed by atoms with Gasteiger partial charge in [-0.05, 0) is 44.4 Å². The molecular formula is C26H29N5O4S. The number of amides is 2. The summed E-state index contributed by atoms with van der Waals surface area (Å²) in [7, 11) is 3.17. The van der Waals surface area contributed by atoms with Crippen molar-refractivity contribution in [1.29, 1.82) is 0 Å². The van der Waals surface area contributed by atoms with Gasteiger partial charge in [0.2, 0.25) is 0 Å². The zero-order valence-corrected chi connectivity index (χ0v) is 21.7. The van der Waals surface area contributed by atoms with E-state index in [1.807, 2.05) is 55.1 Å². The lowest BCUT2D eigenvalue weighted by Crippen LogP contribution is -2.46. The van der Waals surface area contributed by atoms with Gasteiger partial charge in [-0.3, -0.25) is 14.4 Å². The van der Waals surface area contributed by atoms with Crippen molar-refractivity contribution in [2.75, 3.05) is 19.0 Å². The van der Waals surface area contributed by atoms with E-state index in [9.17, 15) is 14.4 Å². The summed E-state index contributed by atoms with van der Waals surface area (Å²) in [6, 6.07) is 8.26. The van der Waals surface area contributed by atoms with Crippen LogP contribution in [0.15, 0.2) is 59.1 Å². The fourth-order valence-electron chi connectivity index (χ4n) is 3.69. The van der Waals surface area contributed by atoms with E-state index < -0.39 is 11.9 Å². The van der Waals surface area contributed by atoms with Crippen molar-refractivity contribution < 1.29 is 14.3 Å². The largest absolute Gasteiger partial charge is 0.382 e. The maximum atomic E-state index is 12.9. The van der Waals surface area contributed by atoms with Gasteiger partial charge >= 0.3 is 0 Å². The van der Waals surface area contributed by atoms with E-state index in [4.69, 9.17) is 4.74 Å². The summed E-state index contributed by atoms with van der Waals surface area (Å²) in [5.74, 6) is -0.804. The van der Waals surface area contributed by atoms with Crippen molar-refractivity contribution in [3.8, 4) is 11.3 Å². The van der Waals surface area contributed by atoms with Gasteiger partial charge in [0.25, 0.3) is 17.4 Å².